The van der Waals surface area contributed by atoms with E-state index in [-0.39, 0.29) is 41.6 Å². The lowest BCUT2D eigenvalue weighted by Crippen LogP contribution is -2.15. The number of unbranched alkanes of at least 4 members (excludes halogenated alkanes) is 15. The smallest absolute Gasteiger partial charge is 0.308 e. The molecule has 0 radical (unpaired) electrons. The molecular formula is C50H100O10. The number of allylic oxidation sites excluding steroid dienone is 1. The molecule has 60 heavy (non-hydrogen) atoms. The lowest BCUT2D eigenvalue weighted by molar-refractivity contribution is -0.146. The molecule has 0 aliphatic rings. The van der Waals surface area contributed by atoms with E-state index in [0.29, 0.717) is 12.9 Å². The Morgan fingerprint density at radius 1 is 0.467 bits per heavy atom. The zero-order chi connectivity index (χ0) is 47.1. The molecule has 0 aliphatic carbocycles. The van der Waals surface area contributed by atoms with E-state index in [0.717, 1.165) is 77.0 Å². The Kier molecular flexibility index (Phi) is 71.9. The highest BCUT2D eigenvalue weighted by Gasteiger charge is 2.17. The van der Waals surface area contributed by atoms with Crippen molar-refractivity contribution < 1.29 is 47.7 Å². The van der Waals surface area contributed by atoms with Gasteiger partial charge >= 0.3 is 23.9 Å². The van der Waals surface area contributed by atoms with Gasteiger partial charge in [-0.15, -0.1) is 6.58 Å². The topological polar surface area (TPSA) is 132 Å². The summed E-state index contributed by atoms with van der Waals surface area (Å²) >= 11 is 0. The van der Waals surface area contributed by atoms with Crippen molar-refractivity contribution in [1.29, 1.82) is 0 Å². The minimum absolute atomic E-state index is 0.0368. The summed E-state index contributed by atoms with van der Waals surface area (Å²) in [5.74, 6) is 0.101. The van der Waals surface area contributed by atoms with Gasteiger partial charge in [-0.25, -0.2) is 0 Å². The Bertz CT molecular complexity index is 892. The normalized spacial score (nSPS) is 11.1. The minimum atomic E-state index is -0.0782. The molecule has 10 nitrogen and oxygen atoms in total. The van der Waals surface area contributed by atoms with Crippen molar-refractivity contribution in [2.45, 2.75) is 229 Å². The van der Waals surface area contributed by atoms with E-state index in [1.807, 2.05) is 19.9 Å². The lowest BCUT2D eigenvalue weighted by atomic mass is 9.97. The number of esters is 4. The molecule has 0 aromatic heterocycles. The van der Waals surface area contributed by atoms with Crippen LogP contribution in [0.25, 0.3) is 0 Å². The van der Waals surface area contributed by atoms with Crippen LogP contribution in [0.3, 0.4) is 0 Å². The SMILES string of the molecule is C=CCCCCCC.CCCCC(CCC)C(=O)OC.CCCCCC(CC)C(=O)OC.CCCCCCC(C)C(=O)OC.CCCCCCCCC(=O)OC.COC=O. The molecule has 0 saturated heterocycles. The van der Waals surface area contributed by atoms with E-state index < -0.39 is 0 Å². The van der Waals surface area contributed by atoms with Gasteiger partial charge in [0.1, 0.15) is 0 Å². The van der Waals surface area contributed by atoms with Crippen LogP contribution in [0.4, 0.5) is 0 Å². The molecule has 0 bridgehead atoms. The van der Waals surface area contributed by atoms with Crippen LogP contribution >= 0.6 is 0 Å². The van der Waals surface area contributed by atoms with Crippen LogP contribution in [-0.4, -0.2) is 65.9 Å². The number of carbonyl (C=O) groups is 5. The third-order valence-corrected chi connectivity index (χ3v) is 9.68. The number of methoxy groups -OCH3 is 5. The molecule has 3 unspecified atom stereocenters. The third-order valence-electron chi connectivity index (χ3n) is 9.68. The fraction of sp³-hybridized carbons (Fsp3) is 0.860. The summed E-state index contributed by atoms with van der Waals surface area (Å²) < 4.78 is 22.4. The van der Waals surface area contributed by atoms with E-state index in [4.69, 9.17) is 14.3 Å². The van der Waals surface area contributed by atoms with Crippen LogP contribution in [0.15, 0.2) is 12.7 Å². The first kappa shape index (κ1) is 68.8. The van der Waals surface area contributed by atoms with E-state index in [9.17, 15) is 19.2 Å². The van der Waals surface area contributed by atoms with Crippen LogP contribution in [0, 0.1) is 17.8 Å². The van der Waals surface area contributed by atoms with Gasteiger partial charge < -0.3 is 23.7 Å². The zero-order valence-electron chi connectivity index (χ0n) is 41.8. The van der Waals surface area contributed by atoms with Crippen molar-refractivity contribution in [2.75, 3.05) is 35.5 Å². The zero-order valence-corrected chi connectivity index (χ0v) is 41.8. The third kappa shape index (κ3) is 61.7. The molecule has 10 heteroatoms. The standard InChI is InChI=1S/4C10H20O2.C8H16.C2H4O2/c1-4-5-6-7-8-9(2)10(11)12-3;1-4-6-7-8-9(5-2)10(11)12-3;1-4-6-8-9(7-5-2)10(11)12-3;1-3-4-5-6-7-8-9-10(11)12-2;1-3-5-7-8-6-4-2;1-4-2-3/h3*9H,4-8H2,1-3H3;3-9H2,1-2H3;3H,1,4-8H2,2H3;2H,1H3. The second-order valence-electron chi connectivity index (χ2n) is 15.1. The van der Waals surface area contributed by atoms with Crippen molar-refractivity contribution >= 4 is 30.3 Å². The highest BCUT2D eigenvalue weighted by Crippen LogP contribution is 2.17. The predicted molar refractivity (Wildman–Crippen MR) is 252 cm³/mol. The van der Waals surface area contributed by atoms with Gasteiger partial charge in [0.2, 0.25) is 0 Å². The monoisotopic (exact) mass is 861 g/mol. The van der Waals surface area contributed by atoms with Gasteiger partial charge in [0, 0.05) is 6.42 Å². The van der Waals surface area contributed by atoms with Crippen LogP contribution < -0.4 is 0 Å². The first-order valence-electron chi connectivity index (χ1n) is 23.8. The quantitative estimate of drug-likeness (QED) is 0.0218. The summed E-state index contributed by atoms with van der Waals surface area (Å²) in [7, 11) is 7.14. The Morgan fingerprint density at radius 2 is 0.867 bits per heavy atom. The molecule has 0 aliphatic heterocycles. The Balaban J connectivity index is -0.000000149. The molecule has 3 atom stereocenters. The number of ether oxygens (including phenoxy) is 5. The van der Waals surface area contributed by atoms with Gasteiger partial charge in [0.25, 0.3) is 6.47 Å². The number of rotatable bonds is 31. The van der Waals surface area contributed by atoms with Gasteiger partial charge in [-0.3, -0.25) is 24.0 Å². The largest absolute Gasteiger partial charge is 0.471 e. The van der Waals surface area contributed by atoms with Crippen LogP contribution in [-0.2, 0) is 47.7 Å². The average Bonchev–Trinajstić information content (AvgIpc) is 3.28. The summed E-state index contributed by atoms with van der Waals surface area (Å²) in [6, 6.07) is 0. The second kappa shape index (κ2) is 62.7. The fourth-order valence-electron chi connectivity index (χ4n) is 5.71. The number of hydrogen-bond donors (Lipinski definition) is 0. The van der Waals surface area contributed by atoms with Gasteiger partial charge in [-0.2, -0.15) is 0 Å². The van der Waals surface area contributed by atoms with E-state index in [2.05, 4.69) is 62.3 Å². The summed E-state index contributed by atoms with van der Waals surface area (Å²) in [4.78, 5) is 52.9. The summed E-state index contributed by atoms with van der Waals surface area (Å²) in [5.41, 5.74) is 0. The fourth-order valence-corrected chi connectivity index (χ4v) is 5.71. The van der Waals surface area contributed by atoms with Gasteiger partial charge in [0.15, 0.2) is 0 Å². The van der Waals surface area contributed by atoms with Gasteiger partial charge in [0.05, 0.1) is 53.3 Å². The maximum Gasteiger partial charge on any atom is 0.308 e. The average molecular weight is 861 g/mol. The highest BCUT2D eigenvalue weighted by molar-refractivity contribution is 5.72. The molecule has 0 rings (SSSR count). The summed E-state index contributed by atoms with van der Waals surface area (Å²) in [6.07, 6.45) is 33.1. The molecule has 0 saturated carbocycles. The lowest BCUT2D eigenvalue weighted by Gasteiger charge is -2.12. The summed E-state index contributed by atoms with van der Waals surface area (Å²) in [6.45, 7) is 21.0. The van der Waals surface area contributed by atoms with E-state index in [1.54, 1.807) is 0 Å². The molecule has 0 aromatic rings. The predicted octanol–water partition coefficient (Wildman–Crippen LogP) is 14.1. The number of hydrogen-bond acceptors (Lipinski definition) is 10. The Morgan fingerprint density at radius 3 is 1.28 bits per heavy atom. The molecule has 0 heterocycles. The minimum Gasteiger partial charge on any atom is -0.471 e. The first-order chi connectivity index (χ1) is 28.9. The van der Waals surface area contributed by atoms with Crippen LogP contribution in [0.5, 0.6) is 0 Å². The van der Waals surface area contributed by atoms with E-state index in [1.165, 1.54) is 125 Å². The molecule has 0 N–H and O–H groups in total. The van der Waals surface area contributed by atoms with Crippen molar-refractivity contribution in [1.82, 2.24) is 0 Å². The van der Waals surface area contributed by atoms with Gasteiger partial charge in [-0.1, -0.05) is 177 Å². The maximum absolute atomic E-state index is 11.2. The van der Waals surface area contributed by atoms with Gasteiger partial charge in [-0.05, 0) is 51.4 Å². The molecule has 0 spiro atoms. The maximum atomic E-state index is 11.2. The molecule has 0 amide bonds. The summed E-state index contributed by atoms with van der Waals surface area (Å²) in [5, 5.41) is 0. The van der Waals surface area contributed by atoms with E-state index >= 15 is 0 Å². The molecular weight excluding hydrogens is 761 g/mol. The van der Waals surface area contributed by atoms with Crippen LogP contribution in [0.2, 0.25) is 0 Å². The Labute approximate surface area is 371 Å². The van der Waals surface area contributed by atoms with Crippen molar-refractivity contribution in [3.63, 3.8) is 0 Å². The number of carbonyl (C=O) groups excluding carboxylic acids is 5. The second-order valence-corrected chi connectivity index (χ2v) is 15.1. The van der Waals surface area contributed by atoms with Crippen molar-refractivity contribution in [3.8, 4) is 0 Å². The molecule has 0 aromatic carbocycles. The van der Waals surface area contributed by atoms with Crippen molar-refractivity contribution in [3.05, 3.63) is 12.7 Å². The first-order valence-corrected chi connectivity index (χ1v) is 23.8. The van der Waals surface area contributed by atoms with Crippen molar-refractivity contribution in [2.24, 2.45) is 17.8 Å². The molecule has 0 fully saturated rings. The van der Waals surface area contributed by atoms with Crippen LogP contribution in [0.1, 0.15) is 229 Å². The Hall–Kier alpha value is -2.91. The molecule has 360 valence electrons. The highest BCUT2D eigenvalue weighted by atomic mass is 16.5.